The van der Waals surface area contributed by atoms with Gasteiger partial charge in [-0.25, -0.2) is 4.98 Å². The Labute approximate surface area is 148 Å². The Hall–Kier alpha value is -2.72. The molecule has 3 aromatic rings. The molecule has 0 saturated heterocycles. The molecular formula is C16H11F3N3O3S-. The zero-order chi connectivity index (χ0) is 18.7. The molecule has 2 aromatic heterocycles. The molecule has 6 nitrogen and oxygen atoms in total. The smallest absolute Gasteiger partial charge is 0.573 e. The third kappa shape index (κ3) is 4.46. The lowest BCUT2D eigenvalue weighted by molar-refractivity contribution is -0.274. The molecule has 0 saturated carbocycles. The van der Waals surface area contributed by atoms with Gasteiger partial charge in [-0.3, -0.25) is 13.8 Å². The number of hydrogen-bond donors (Lipinski definition) is 0. The maximum Gasteiger partial charge on any atom is 0.573 e. The fraction of sp³-hybridized carbons (Fsp3) is 0.125. The summed E-state index contributed by atoms with van der Waals surface area (Å²) in [5, 5.41) is 0. The van der Waals surface area contributed by atoms with Crippen molar-refractivity contribution >= 4 is 11.1 Å². The van der Waals surface area contributed by atoms with Crippen molar-refractivity contribution in [3.05, 3.63) is 60.8 Å². The summed E-state index contributed by atoms with van der Waals surface area (Å²) >= 11 is -2.23. The van der Waals surface area contributed by atoms with Crippen molar-refractivity contribution in [2.45, 2.75) is 12.1 Å². The molecule has 1 aromatic carbocycles. The molecule has 3 rings (SSSR count). The molecule has 136 valence electrons. The zero-order valence-corrected chi connectivity index (χ0v) is 13.8. The van der Waals surface area contributed by atoms with Gasteiger partial charge in [-0.15, -0.1) is 13.2 Å². The molecule has 0 aliphatic carbocycles. The number of hydrogen-bond acceptors (Lipinski definition) is 5. The average Bonchev–Trinajstić information content (AvgIpc) is 3.04. The van der Waals surface area contributed by atoms with Crippen LogP contribution >= 0.6 is 0 Å². The second kappa shape index (κ2) is 7.26. The summed E-state index contributed by atoms with van der Waals surface area (Å²) in [5.41, 5.74) is 2.29. The van der Waals surface area contributed by atoms with E-state index in [1.165, 1.54) is 36.8 Å². The topological polar surface area (TPSA) is 80.1 Å². The van der Waals surface area contributed by atoms with Crippen molar-refractivity contribution in [2.24, 2.45) is 0 Å². The van der Waals surface area contributed by atoms with Gasteiger partial charge in [0.2, 0.25) is 0 Å². The Morgan fingerprint density at radius 2 is 1.85 bits per heavy atom. The van der Waals surface area contributed by atoms with E-state index in [0.29, 0.717) is 22.6 Å². The van der Waals surface area contributed by atoms with Gasteiger partial charge in [0, 0.05) is 5.56 Å². The first-order valence-electron chi connectivity index (χ1n) is 7.21. The normalized spacial score (nSPS) is 12.8. The minimum Gasteiger partial charge on any atom is -0.772 e. The molecule has 26 heavy (non-hydrogen) atoms. The lowest BCUT2D eigenvalue weighted by Crippen LogP contribution is -2.16. The highest BCUT2D eigenvalue weighted by atomic mass is 32.2. The van der Waals surface area contributed by atoms with E-state index in [1.54, 1.807) is 22.9 Å². The Morgan fingerprint density at radius 3 is 2.42 bits per heavy atom. The van der Waals surface area contributed by atoms with Gasteiger partial charge < -0.3 is 9.29 Å². The fourth-order valence-corrected chi connectivity index (χ4v) is 2.72. The minimum atomic E-state index is -4.75. The number of aromatic nitrogens is 3. The SMILES string of the molecule is O=S([O-])Cc1ccc(-n2cncc2-c2ccc(OC(F)(F)F)cc2)cn1. The van der Waals surface area contributed by atoms with Crippen LogP contribution in [-0.2, 0) is 16.8 Å². The van der Waals surface area contributed by atoms with E-state index < -0.39 is 17.4 Å². The van der Waals surface area contributed by atoms with Gasteiger partial charge in [-0.1, -0.05) is 0 Å². The van der Waals surface area contributed by atoms with Gasteiger partial charge in [0.05, 0.1) is 41.5 Å². The van der Waals surface area contributed by atoms with Crippen molar-refractivity contribution in [3.63, 3.8) is 0 Å². The number of nitrogens with zero attached hydrogens (tertiary/aromatic N) is 3. The second-order valence-electron chi connectivity index (χ2n) is 5.18. The molecule has 0 N–H and O–H groups in total. The quantitative estimate of drug-likeness (QED) is 0.633. The number of pyridine rings is 1. The molecule has 0 aliphatic heterocycles. The first kappa shape index (κ1) is 18.1. The van der Waals surface area contributed by atoms with E-state index in [9.17, 15) is 21.9 Å². The third-order valence-corrected chi connectivity index (χ3v) is 3.91. The number of benzene rings is 1. The Morgan fingerprint density at radius 1 is 1.12 bits per heavy atom. The van der Waals surface area contributed by atoms with Gasteiger partial charge in [0.25, 0.3) is 0 Å². The average molecular weight is 382 g/mol. The first-order valence-corrected chi connectivity index (χ1v) is 8.46. The van der Waals surface area contributed by atoms with Crippen LogP contribution in [-0.4, -0.2) is 29.7 Å². The monoisotopic (exact) mass is 382 g/mol. The predicted octanol–water partition coefficient (Wildman–Crippen LogP) is 3.21. The molecule has 0 radical (unpaired) electrons. The summed E-state index contributed by atoms with van der Waals surface area (Å²) in [6.07, 6.45) is -0.170. The van der Waals surface area contributed by atoms with Crippen molar-refractivity contribution in [2.75, 3.05) is 0 Å². The van der Waals surface area contributed by atoms with E-state index in [-0.39, 0.29) is 11.5 Å². The van der Waals surface area contributed by atoms with Gasteiger partial charge in [0.15, 0.2) is 0 Å². The molecule has 0 aliphatic rings. The van der Waals surface area contributed by atoms with Gasteiger partial charge in [0.1, 0.15) is 5.75 Å². The summed E-state index contributed by atoms with van der Waals surface area (Å²) in [6.45, 7) is 0. The summed E-state index contributed by atoms with van der Waals surface area (Å²) in [6, 6.07) is 8.65. The highest BCUT2D eigenvalue weighted by Crippen LogP contribution is 2.27. The Balaban J connectivity index is 1.85. The first-order chi connectivity index (χ1) is 12.3. The zero-order valence-electron chi connectivity index (χ0n) is 13.0. The van der Waals surface area contributed by atoms with Crippen LogP contribution < -0.4 is 4.74 Å². The fourth-order valence-electron chi connectivity index (χ4n) is 2.31. The minimum absolute atomic E-state index is 0.183. The lowest BCUT2D eigenvalue weighted by Gasteiger charge is -2.11. The van der Waals surface area contributed by atoms with Crippen molar-refractivity contribution in [1.29, 1.82) is 0 Å². The van der Waals surface area contributed by atoms with E-state index in [4.69, 9.17) is 0 Å². The standard InChI is InChI=1S/C16H12F3N3O3S/c17-16(18,19)25-14-5-1-11(2-6-14)15-8-20-10-22(15)13-4-3-12(21-7-13)9-26(23)24/h1-8,10H,9H2,(H,23,24)/p-1. The van der Waals surface area contributed by atoms with Crippen molar-refractivity contribution in [1.82, 2.24) is 14.5 Å². The largest absolute Gasteiger partial charge is 0.772 e. The summed E-state index contributed by atoms with van der Waals surface area (Å²) < 4.78 is 63.6. The summed E-state index contributed by atoms with van der Waals surface area (Å²) in [4.78, 5) is 8.13. The Bertz CT molecular complexity index is 909. The number of halogens is 3. The van der Waals surface area contributed by atoms with E-state index in [0.717, 1.165) is 0 Å². The van der Waals surface area contributed by atoms with E-state index in [2.05, 4.69) is 14.7 Å². The lowest BCUT2D eigenvalue weighted by atomic mass is 10.1. The van der Waals surface area contributed by atoms with Crippen molar-refractivity contribution in [3.8, 4) is 22.7 Å². The van der Waals surface area contributed by atoms with Crippen LogP contribution in [0.4, 0.5) is 13.2 Å². The number of alkyl halides is 3. The van der Waals surface area contributed by atoms with E-state index in [1.807, 2.05) is 0 Å². The van der Waals surface area contributed by atoms with E-state index >= 15 is 0 Å². The Kier molecular flexibility index (Phi) is 5.05. The predicted molar refractivity (Wildman–Crippen MR) is 86.1 cm³/mol. The summed E-state index contributed by atoms with van der Waals surface area (Å²) in [7, 11) is 0. The van der Waals surface area contributed by atoms with Crippen LogP contribution in [0, 0.1) is 0 Å². The maximum absolute atomic E-state index is 12.2. The molecule has 0 spiro atoms. The highest BCUT2D eigenvalue weighted by Gasteiger charge is 2.31. The molecule has 0 bridgehead atoms. The molecule has 1 atom stereocenters. The van der Waals surface area contributed by atoms with Crippen LogP contribution in [0.1, 0.15) is 5.69 Å². The second-order valence-corrected chi connectivity index (χ2v) is 6.07. The number of imidazole rings is 1. The van der Waals surface area contributed by atoms with Crippen molar-refractivity contribution < 1.29 is 26.7 Å². The molecule has 0 amide bonds. The van der Waals surface area contributed by atoms with Crippen LogP contribution in [0.15, 0.2) is 55.1 Å². The maximum atomic E-state index is 12.2. The van der Waals surface area contributed by atoms with Crippen LogP contribution in [0.2, 0.25) is 0 Å². The molecular weight excluding hydrogens is 371 g/mol. The third-order valence-electron chi connectivity index (χ3n) is 3.38. The molecule has 1 unspecified atom stereocenters. The summed E-state index contributed by atoms with van der Waals surface area (Å²) in [5.74, 6) is -0.499. The highest BCUT2D eigenvalue weighted by molar-refractivity contribution is 7.78. The molecule has 2 heterocycles. The van der Waals surface area contributed by atoms with Crippen LogP contribution in [0.3, 0.4) is 0 Å². The van der Waals surface area contributed by atoms with Crippen LogP contribution in [0.5, 0.6) is 5.75 Å². The number of rotatable bonds is 5. The van der Waals surface area contributed by atoms with Gasteiger partial charge in [-0.2, -0.15) is 0 Å². The van der Waals surface area contributed by atoms with Gasteiger partial charge in [-0.05, 0) is 47.5 Å². The van der Waals surface area contributed by atoms with Gasteiger partial charge >= 0.3 is 6.36 Å². The molecule has 0 fully saturated rings. The molecule has 10 heteroatoms. The number of ether oxygens (including phenoxy) is 1. The van der Waals surface area contributed by atoms with Crippen LogP contribution in [0.25, 0.3) is 16.9 Å².